The second-order valence-corrected chi connectivity index (χ2v) is 5.83. The Morgan fingerprint density at radius 2 is 2.35 bits per heavy atom. The fourth-order valence-corrected chi connectivity index (χ4v) is 2.22. The fourth-order valence-electron chi connectivity index (χ4n) is 2.22. The van der Waals surface area contributed by atoms with Gasteiger partial charge < -0.3 is 14.8 Å². The summed E-state index contributed by atoms with van der Waals surface area (Å²) in [5.41, 5.74) is 2.20. The normalized spacial score (nSPS) is 18.9. The van der Waals surface area contributed by atoms with Crippen LogP contribution >= 0.6 is 0 Å². The van der Waals surface area contributed by atoms with Crippen molar-refractivity contribution in [1.29, 1.82) is 0 Å². The van der Waals surface area contributed by atoms with Gasteiger partial charge in [-0.25, -0.2) is 0 Å². The lowest BCUT2D eigenvalue weighted by atomic mass is 10.2. The maximum Gasteiger partial charge on any atom is 0.0889 e. The summed E-state index contributed by atoms with van der Waals surface area (Å²) in [7, 11) is 0. The molecule has 0 spiro atoms. The summed E-state index contributed by atoms with van der Waals surface area (Å²) in [5, 5.41) is 3.41. The van der Waals surface area contributed by atoms with Crippen LogP contribution in [0.1, 0.15) is 37.9 Å². The van der Waals surface area contributed by atoms with Gasteiger partial charge in [0, 0.05) is 19.3 Å². The van der Waals surface area contributed by atoms with Crippen molar-refractivity contribution in [2.45, 2.75) is 45.9 Å². The molecule has 2 heterocycles. The third-order valence-corrected chi connectivity index (χ3v) is 3.35. The average Bonchev–Trinajstić information content (AvgIpc) is 2.93. The van der Waals surface area contributed by atoms with Crippen LogP contribution in [0.15, 0.2) is 18.3 Å². The number of nitrogens with one attached hydrogen (secondary N) is 1. The number of rotatable bonds is 8. The standard InChI is InChI=1S/C16H26N2O2/c1-13(2)8-17-9-14-5-6-15(18-10-14)11-19-12-16-4-3-7-20-16/h5-6,10,13,16-17H,3-4,7-9,11-12H2,1-2H3. The van der Waals surface area contributed by atoms with Gasteiger partial charge in [-0.2, -0.15) is 0 Å². The van der Waals surface area contributed by atoms with Crippen LogP contribution in [0.25, 0.3) is 0 Å². The third kappa shape index (κ3) is 5.57. The van der Waals surface area contributed by atoms with E-state index >= 15 is 0 Å². The van der Waals surface area contributed by atoms with E-state index in [1.54, 1.807) is 0 Å². The number of pyridine rings is 1. The molecule has 0 radical (unpaired) electrons. The number of aromatic nitrogens is 1. The van der Waals surface area contributed by atoms with Crippen molar-refractivity contribution >= 4 is 0 Å². The Morgan fingerprint density at radius 3 is 3.00 bits per heavy atom. The lowest BCUT2D eigenvalue weighted by Gasteiger charge is -2.10. The van der Waals surface area contributed by atoms with Crippen molar-refractivity contribution < 1.29 is 9.47 Å². The van der Waals surface area contributed by atoms with Gasteiger partial charge in [-0.15, -0.1) is 0 Å². The molecule has 1 unspecified atom stereocenters. The summed E-state index contributed by atoms with van der Waals surface area (Å²) in [5.74, 6) is 0.674. The molecule has 1 aromatic rings. The summed E-state index contributed by atoms with van der Waals surface area (Å²) in [6.45, 7) is 8.46. The maximum absolute atomic E-state index is 5.65. The first kappa shape index (κ1) is 15.4. The molecule has 0 saturated carbocycles. The van der Waals surface area contributed by atoms with E-state index in [0.717, 1.165) is 38.2 Å². The Hall–Kier alpha value is -0.970. The minimum Gasteiger partial charge on any atom is -0.376 e. The van der Waals surface area contributed by atoms with E-state index in [1.807, 2.05) is 12.3 Å². The molecule has 0 bridgehead atoms. The van der Waals surface area contributed by atoms with Gasteiger partial charge >= 0.3 is 0 Å². The number of nitrogens with zero attached hydrogens (tertiary/aromatic N) is 1. The van der Waals surface area contributed by atoms with E-state index in [-0.39, 0.29) is 6.10 Å². The molecule has 2 rings (SSSR count). The van der Waals surface area contributed by atoms with E-state index in [2.05, 4.69) is 30.2 Å². The lowest BCUT2D eigenvalue weighted by Crippen LogP contribution is -2.19. The van der Waals surface area contributed by atoms with Crippen LogP contribution in [0.2, 0.25) is 0 Å². The first-order chi connectivity index (χ1) is 9.74. The molecule has 1 N–H and O–H groups in total. The largest absolute Gasteiger partial charge is 0.376 e. The van der Waals surface area contributed by atoms with Gasteiger partial charge in [-0.05, 0) is 36.9 Å². The van der Waals surface area contributed by atoms with Crippen LogP contribution in [-0.2, 0) is 22.6 Å². The summed E-state index contributed by atoms with van der Waals surface area (Å²) >= 11 is 0. The molecule has 0 aliphatic carbocycles. The van der Waals surface area contributed by atoms with E-state index < -0.39 is 0 Å². The van der Waals surface area contributed by atoms with Gasteiger partial charge in [-0.3, -0.25) is 4.98 Å². The van der Waals surface area contributed by atoms with Gasteiger partial charge in [0.1, 0.15) is 0 Å². The zero-order valence-electron chi connectivity index (χ0n) is 12.6. The molecule has 0 aromatic carbocycles. The Kier molecular flexibility index (Phi) is 6.43. The summed E-state index contributed by atoms with van der Waals surface area (Å²) < 4.78 is 11.2. The van der Waals surface area contributed by atoms with Crippen LogP contribution in [0.5, 0.6) is 0 Å². The Labute approximate surface area is 121 Å². The van der Waals surface area contributed by atoms with Crippen LogP contribution in [-0.4, -0.2) is 30.8 Å². The van der Waals surface area contributed by atoms with Crippen molar-refractivity contribution in [2.75, 3.05) is 19.8 Å². The third-order valence-electron chi connectivity index (χ3n) is 3.35. The predicted octanol–water partition coefficient (Wildman–Crippen LogP) is 2.52. The van der Waals surface area contributed by atoms with Gasteiger partial charge in [0.2, 0.25) is 0 Å². The van der Waals surface area contributed by atoms with Crippen molar-refractivity contribution in [1.82, 2.24) is 10.3 Å². The molecule has 20 heavy (non-hydrogen) atoms. The lowest BCUT2D eigenvalue weighted by molar-refractivity contribution is 0.00965. The first-order valence-corrected chi connectivity index (χ1v) is 7.58. The maximum atomic E-state index is 5.65. The van der Waals surface area contributed by atoms with E-state index in [4.69, 9.17) is 9.47 Å². The molecule has 1 aliphatic heterocycles. The Bertz CT molecular complexity index is 373. The summed E-state index contributed by atoms with van der Waals surface area (Å²) in [6.07, 6.45) is 4.49. The minimum absolute atomic E-state index is 0.287. The highest BCUT2D eigenvalue weighted by Crippen LogP contribution is 2.12. The van der Waals surface area contributed by atoms with Gasteiger partial charge in [0.05, 0.1) is 25.0 Å². The van der Waals surface area contributed by atoms with Crippen LogP contribution < -0.4 is 5.32 Å². The van der Waals surface area contributed by atoms with E-state index in [0.29, 0.717) is 19.1 Å². The number of ether oxygens (including phenoxy) is 2. The SMILES string of the molecule is CC(C)CNCc1ccc(COCC2CCCO2)nc1. The Morgan fingerprint density at radius 1 is 1.45 bits per heavy atom. The zero-order chi connectivity index (χ0) is 14.2. The second-order valence-electron chi connectivity index (χ2n) is 5.83. The van der Waals surface area contributed by atoms with Gasteiger partial charge in [0.15, 0.2) is 0 Å². The monoisotopic (exact) mass is 278 g/mol. The number of hydrogen-bond donors (Lipinski definition) is 1. The van der Waals surface area contributed by atoms with Gasteiger partial charge in [0.25, 0.3) is 0 Å². The first-order valence-electron chi connectivity index (χ1n) is 7.58. The highest BCUT2D eigenvalue weighted by molar-refractivity contribution is 5.13. The molecule has 0 amide bonds. The molecule has 4 heteroatoms. The van der Waals surface area contributed by atoms with E-state index in [9.17, 15) is 0 Å². The summed E-state index contributed by atoms with van der Waals surface area (Å²) in [4.78, 5) is 4.43. The molecular formula is C16H26N2O2. The Balaban J connectivity index is 1.65. The van der Waals surface area contributed by atoms with Crippen molar-refractivity contribution in [2.24, 2.45) is 5.92 Å². The van der Waals surface area contributed by atoms with Crippen molar-refractivity contribution in [3.8, 4) is 0 Å². The predicted molar refractivity (Wildman–Crippen MR) is 79.4 cm³/mol. The molecule has 112 valence electrons. The molecule has 1 atom stereocenters. The van der Waals surface area contributed by atoms with Crippen molar-refractivity contribution in [3.05, 3.63) is 29.6 Å². The molecule has 4 nitrogen and oxygen atoms in total. The second kappa shape index (κ2) is 8.35. The van der Waals surface area contributed by atoms with Crippen LogP contribution in [0.3, 0.4) is 0 Å². The fraction of sp³-hybridized carbons (Fsp3) is 0.688. The topological polar surface area (TPSA) is 43.4 Å². The molecule has 1 aromatic heterocycles. The van der Waals surface area contributed by atoms with Crippen molar-refractivity contribution in [3.63, 3.8) is 0 Å². The van der Waals surface area contributed by atoms with E-state index in [1.165, 1.54) is 5.56 Å². The van der Waals surface area contributed by atoms with Crippen LogP contribution in [0.4, 0.5) is 0 Å². The highest BCUT2D eigenvalue weighted by Gasteiger charge is 2.15. The molecular weight excluding hydrogens is 252 g/mol. The average molecular weight is 278 g/mol. The van der Waals surface area contributed by atoms with Gasteiger partial charge in [-0.1, -0.05) is 19.9 Å². The summed E-state index contributed by atoms with van der Waals surface area (Å²) in [6, 6.07) is 4.16. The highest BCUT2D eigenvalue weighted by atomic mass is 16.5. The smallest absolute Gasteiger partial charge is 0.0889 e. The number of hydrogen-bond acceptors (Lipinski definition) is 4. The quantitative estimate of drug-likeness (QED) is 0.793. The minimum atomic E-state index is 0.287. The van der Waals surface area contributed by atoms with Crippen LogP contribution in [0, 0.1) is 5.92 Å². The molecule has 1 aliphatic rings. The zero-order valence-corrected chi connectivity index (χ0v) is 12.6. The molecule has 1 fully saturated rings. The molecule has 1 saturated heterocycles.